The van der Waals surface area contributed by atoms with Gasteiger partial charge < -0.3 is 16.0 Å². The Balaban J connectivity index is 1.42. The molecule has 4 nitrogen and oxygen atoms in total. The summed E-state index contributed by atoms with van der Waals surface area (Å²) in [6.45, 7) is 2.44. The van der Waals surface area contributed by atoms with E-state index >= 15 is 0 Å². The van der Waals surface area contributed by atoms with Crippen molar-refractivity contribution in [2.75, 3.05) is 13.1 Å². The minimum absolute atomic E-state index is 0.264. The molecule has 3 fully saturated rings. The Morgan fingerprint density at radius 1 is 1.10 bits per heavy atom. The van der Waals surface area contributed by atoms with Crippen LogP contribution in [0.25, 0.3) is 0 Å². The van der Waals surface area contributed by atoms with Gasteiger partial charge in [0.2, 0.25) is 5.91 Å². The predicted octanol–water partition coefficient (Wildman–Crippen LogP) is 1.64. The van der Waals surface area contributed by atoms with Crippen molar-refractivity contribution in [1.29, 1.82) is 0 Å². The second-order valence-corrected chi connectivity index (χ2v) is 7.12. The summed E-state index contributed by atoms with van der Waals surface area (Å²) in [5, 5.41) is 3.29. The zero-order valence-electron chi connectivity index (χ0n) is 12.5. The van der Waals surface area contributed by atoms with Gasteiger partial charge in [0.15, 0.2) is 0 Å². The number of carbonyl (C=O) groups is 1. The van der Waals surface area contributed by atoms with E-state index in [9.17, 15) is 4.79 Å². The van der Waals surface area contributed by atoms with E-state index in [-0.39, 0.29) is 5.91 Å². The van der Waals surface area contributed by atoms with E-state index in [1.807, 2.05) is 0 Å². The van der Waals surface area contributed by atoms with Crippen molar-refractivity contribution in [1.82, 2.24) is 10.2 Å². The fraction of sp³-hybridized carbons (Fsp3) is 0.938. The fourth-order valence-corrected chi connectivity index (χ4v) is 4.42. The Morgan fingerprint density at radius 2 is 2.00 bits per heavy atom. The van der Waals surface area contributed by atoms with Gasteiger partial charge in [-0.2, -0.15) is 0 Å². The zero-order chi connectivity index (χ0) is 13.9. The molecule has 0 spiro atoms. The first kappa shape index (κ1) is 14.3. The van der Waals surface area contributed by atoms with Crippen LogP contribution in [-0.2, 0) is 4.79 Å². The van der Waals surface area contributed by atoms with Crippen molar-refractivity contribution in [2.24, 2.45) is 11.7 Å². The average Bonchev–Trinajstić information content (AvgIpc) is 2.86. The molecule has 2 saturated heterocycles. The molecular weight excluding hydrogens is 250 g/mol. The Morgan fingerprint density at radius 3 is 2.85 bits per heavy atom. The number of hydrogen-bond donors (Lipinski definition) is 2. The van der Waals surface area contributed by atoms with Gasteiger partial charge in [0.1, 0.15) is 0 Å². The van der Waals surface area contributed by atoms with E-state index in [2.05, 4.69) is 10.2 Å². The summed E-state index contributed by atoms with van der Waals surface area (Å²) in [6.07, 6.45) is 10.2. The Kier molecular flexibility index (Phi) is 4.61. The second kappa shape index (κ2) is 6.44. The van der Waals surface area contributed by atoms with Crippen LogP contribution in [0, 0.1) is 5.92 Å². The lowest BCUT2D eigenvalue weighted by Gasteiger charge is -2.35. The number of rotatable bonds is 3. The number of hydrogen-bond acceptors (Lipinski definition) is 3. The van der Waals surface area contributed by atoms with Crippen LogP contribution in [0.15, 0.2) is 0 Å². The highest BCUT2D eigenvalue weighted by Crippen LogP contribution is 2.28. The number of nitrogens with zero attached hydrogens (tertiary/aromatic N) is 1. The zero-order valence-corrected chi connectivity index (χ0v) is 12.5. The molecule has 1 amide bonds. The third-order valence-corrected chi connectivity index (χ3v) is 5.48. The predicted molar refractivity (Wildman–Crippen MR) is 80.3 cm³/mol. The molecule has 0 aromatic rings. The smallest absolute Gasteiger partial charge is 0.220 e. The van der Waals surface area contributed by atoms with E-state index in [1.54, 1.807) is 0 Å². The average molecular weight is 279 g/mol. The normalized spacial score (nSPS) is 38.5. The Hall–Kier alpha value is -0.610. The number of amides is 1. The molecule has 4 unspecified atom stereocenters. The van der Waals surface area contributed by atoms with Crippen LogP contribution in [0.3, 0.4) is 0 Å². The number of nitrogens with one attached hydrogen (secondary N) is 1. The molecule has 2 aliphatic heterocycles. The van der Waals surface area contributed by atoms with E-state index < -0.39 is 0 Å². The summed E-state index contributed by atoms with van der Waals surface area (Å²) in [6, 6.07) is 1.47. The van der Waals surface area contributed by atoms with E-state index in [1.165, 1.54) is 38.8 Å². The van der Waals surface area contributed by atoms with Gasteiger partial charge in [-0.05, 0) is 57.4 Å². The van der Waals surface area contributed by atoms with Crippen LogP contribution >= 0.6 is 0 Å². The molecule has 3 aliphatic rings. The SMILES string of the molecule is NC1CCCC(CC(=O)NC2CCN3CCCC3C2)C1. The van der Waals surface area contributed by atoms with Crippen molar-refractivity contribution in [3.05, 3.63) is 0 Å². The highest BCUT2D eigenvalue weighted by Gasteiger charge is 2.32. The van der Waals surface area contributed by atoms with E-state index in [0.717, 1.165) is 31.7 Å². The largest absolute Gasteiger partial charge is 0.353 e. The topological polar surface area (TPSA) is 58.4 Å². The molecule has 3 rings (SSSR count). The van der Waals surface area contributed by atoms with Crippen LogP contribution in [0.5, 0.6) is 0 Å². The summed E-state index contributed by atoms with van der Waals surface area (Å²) in [4.78, 5) is 14.8. The van der Waals surface area contributed by atoms with Gasteiger partial charge in [-0.3, -0.25) is 4.79 Å². The van der Waals surface area contributed by atoms with Crippen molar-refractivity contribution in [2.45, 2.75) is 75.9 Å². The molecule has 0 radical (unpaired) electrons. The summed E-state index contributed by atoms with van der Waals surface area (Å²) in [5.41, 5.74) is 6.01. The lowest BCUT2D eigenvalue weighted by molar-refractivity contribution is -0.123. The van der Waals surface area contributed by atoms with Gasteiger partial charge in [0, 0.05) is 31.1 Å². The van der Waals surface area contributed by atoms with Gasteiger partial charge >= 0.3 is 0 Å². The first-order valence-electron chi connectivity index (χ1n) is 8.49. The second-order valence-electron chi connectivity index (χ2n) is 7.12. The summed E-state index contributed by atoms with van der Waals surface area (Å²) in [5.74, 6) is 0.783. The molecule has 0 aromatic heterocycles. The molecule has 0 aromatic carbocycles. The van der Waals surface area contributed by atoms with Gasteiger partial charge in [0.25, 0.3) is 0 Å². The minimum atomic E-state index is 0.264. The van der Waals surface area contributed by atoms with Crippen LogP contribution in [-0.4, -0.2) is 42.0 Å². The minimum Gasteiger partial charge on any atom is -0.353 e. The third-order valence-electron chi connectivity index (χ3n) is 5.48. The quantitative estimate of drug-likeness (QED) is 0.825. The Bertz CT molecular complexity index is 347. The van der Waals surface area contributed by atoms with Crippen molar-refractivity contribution in [3.8, 4) is 0 Å². The first-order valence-corrected chi connectivity index (χ1v) is 8.49. The highest BCUT2D eigenvalue weighted by atomic mass is 16.1. The first-order chi connectivity index (χ1) is 9.70. The van der Waals surface area contributed by atoms with Crippen molar-refractivity contribution in [3.63, 3.8) is 0 Å². The summed E-state index contributed by atoms with van der Waals surface area (Å²) in [7, 11) is 0. The molecule has 4 atom stereocenters. The molecular formula is C16H29N3O. The van der Waals surface area contributed by atoms with E-state index in [0.29, 0.717) is 24.4 Å². The maximum absolute atomic E-state index is 12.2. The van der Waals surface area contributed by atoms with Crippen molar-refractivity contribution < 1.29 is 4.79 Å². The number of nitrogens with two attached hydrogens (primary N) is 1. The standard InChI is InChI=1S/C16H29N3O/c17-13-4-1-3-12(9-13)10-16(20)18-14-6-8-19-7-2-5-15(19)11-14/h12-15H,1-11,17H2,(H,18,20). The van der Waals surface area contributed by atoms with Gasteiger partial charge in [0.05, 0.1) is 0 Å². The maximum atomic E-state index is 12.2. The van der Waals surface area contributed by atoms with Crippen LogP contribution in [0.4, 0.5) is 0 Å². The Labute approximate surface area is 122 Å². The summed E-state index contributed by atoms with van der Waals surface area (Å²) < 4.78 is 0. The molecule has 2 heterocycles. The van der Waals surface area contributed by atoms with Crippen LogP contribution < -0.4 is 11.1 Å². The number of piperidine rings is 1. The summed E-state index contributed by atoms with van der Waals surface area (Å²) >= 11 is 0. The van der Waals surface area contributed by atoms with E-state index in [4.69, 9.17) is 5.73 Å². The lowest BCUT2D eigenvalue weighted by Crippen LogP contribution is -2.47. The highest BCUT2D eigenvalue weighted by molar-refractivity contribution is 5.76. The van der Waals surface area contributed by atoms with Gasteiger partial charge in [-0.15, -0.1) is 0 Å². The molecule has 114 valence electrons. The van der Waals surface area contributed by atoms with Crippen LogP contribution in [0.2, 0.25) is 0 Å². The molecule has 1 saturated carbocycles. The molecule has 0 bridgehead atoms. The van der Waals surface area contributed by atoms with Gasteiger partial charge in [-0.1, -0.05) is 6.42 Å². The van der Waals surface area contributed by atoms with Gasteiger partial charge in [-0.25, -0.2) is 0 Å². The molecule has 20 heavy (non-hydrogen) atoms. The maximum Gasteiger partial charge on any atom is 0.220 e. The third kappa shape index (κ3) is 3.53. The number of fused-ring (bicyclic) bond motifs is 1. The number of carbonyl (C=O) groups excluding carboxylic acids is 1. The van der Waals surface area contributed by atoms with Crippen LogP contribution in [0.1, 0.15) is 57.8 Å². The van der Waals surface area contributed by atoms with Crippen molar-refractivity contribution >= 4 is 5.91 Å². The molecule has 4 heteroatoms. The monoisotopic (exact) mass is 279 g/mol. The molecule has 3 N–H and O–H groups in total. The molecule has 1 aliphatic carbocycles. The fourth-order valence-electron chi connectivity index (χ4n) is 4.42. The lowest BCUT2D eigenvalue weighted by atomic mass is 9.84.